The molecule has 0 aliphatic carbocycles. The summed E-state index contributed by atoms with van der Waals surface area (Å²) in [5.41, 5.74) is 6.68. The van der Waals surface area contributed by atoms with Crippen LogP contribution in [0, 0.1) is 5.92 Å². The van der Waals surface area contributed by atoms with E-state index in [2.05, 4.69) is 6.92 Å². The zero-order chi connectivity index (χ0) is 14.8. The number of carbonyl (C=O) groups is 1. The molecular weight excluding hydrogens is 260 g/mol. The van der Waals surface area contributed by atoms with E-state index in [0.717, 1.165) is 35.7 Å². The summed E-state index contributed by atoms with van der Waals surface area (Å²) in [5.74, 6) is 0.768. The first-order chi connectivity index (χ1) is 10.2. The molecule has 3 heteroatoms. The third kappa shape index (κ3) is 2.66. The van der Waals surface area contributed by atoms with E-state index in [1.54, 1.807) is 0 Å². The Morgan fingerprint density at radius 3 is 2.81 bits per heavy atom. The first-order valence-electron chi connectivity index (χ1n) is 7.69. The molecule has 2 atom stereocenters. The van der Waals surface area contributed by atoms with E-state index in [4.69, 9.17) is 5.73 Å². The summed E-state index contributed by atoms with van der Waals surface area (Å²) in [6.07, 6.45) is 2.07. The van der Waals surface area contributed by atoms with Crippen molar-refractivity contribution in [2.75, 3.05) is 13.1 Å². The molecule has 0 spiro atoms. The van der Waals surface area contributed by atoms with Gasteiger partial charge in [0, 0.05) is 24.7 Å². The molecule has 0 aromatic heterocycles. The molecule has 2 aromatic rings. The zero-order valence-corrected chi connectivity index (χ0v) is 12.5. The van der Waals surface area contributed by atoms with Gasteiger partial charge in [-0.05, 0) is 35.6 Å². The fourth-order valence-corrected chi connectivity index (χ4v) is 3.31. The van der Waals surface area contributed by atoms with Crippen molar-refractivity contribution in [1.82, 2.24) is 4.90 Å². The smallest absolute Gasteiger partial charge is 0.254 e. The molecule has 1 aliphatic rings. The van der Waals surface area contributed by atoms with Gasteiger partial charge in [-0.15, -0.1) is 0 Å². The average molecular weight is 282 g/mol. The maximum Gasteiger partial charge on any atom is 0.254 e. The minimum absolute atomic E-state index is 0.120. The molecule has 1 heterocycles. The number of likely N-dealkylation sites (tertiary alicyclic amines) is 1. The Morgan fingerprint density at radius 2 is 2.00 bits per heavy atom. The second-order valence-corrected chi connectivity index (χ2v) is 6.04. The highest BCUT2D eigenvalue weighted by molar-refractivity contribution is 6.07. The van der Waals surface area contributed by atoms with Crippen LogP contribution in [0.4, 0.5) is 0 Å². The minimum atomic E-state index is 0.120. The number of rotatable bonds is 2. The van der Waals surface area contributed by atoms with Crippen LogP contribution in [0.15, 0.2) is 42.5 Å². The Bertz CT molecular complexity index is 647. The largest absolute Gasteiger partial charge is 0.334 e. The Hall–Kier alpha value is -1.87. The van der Waals surface area contributed by atoms with Crippen molar-refractivity contribution in [3.05, 3.63) is 48.0 Å². The van der Waals surface area contributed by atoms with Crippen LogP contribution in [0.3, 0.4) is 0 Å². The zero-order valence-electron chi connectivity index (χ0n) is 12.5. The molecule has 3 rings (SSSR count). The SMILES string of the molecule is CC1CCN(C(=O)c2cccc3ccccc23)C(CN)C1. The lowest BCUT2D eigenvalue weighted by molar-refractivity contribution is 0.0575. The fourth-order valence-electron chi connectivity index (χ4n) is 3.31. The number of carbonyl (C=O) groups excluding carboxylic acids is 1. The highest BCUT2D eigenvalue weighted by Crippen LogP contribution is 2.26. The van der Waals surface area contributed by atoms with Crippen molar-refractivity contribution in [2.45, 2.75) is 25.8 Å². The topological polar surface area (TPSA) is 46.3 Å². The highest BCUT2D eigenvalue weighted by Gasteiger charge is 2.30. The van der Waals surface area contributed by atoms with Gasteiger partial charge in [0.05, 0.1) is 0 Å². The number of nitrogens with two attached hydrogens (primary N) is 1. The number of nitrogens with zero attached hydrogens (tertiary/aromatic N) is 1. The molecule has 1 amide bonds. The van der Waals surface area contributed by atoms with Crippen molar-refractivity contribution in [2.24, 2.45) is 11.7 Å². The van der Waals surface area contributed by atoms with Crippen LogP contribution < -0.4 is 5.73 Å². The van der Waals surface area contributed by atoms with Crippen LogP contribution in [0.5, 0.6) is 0 Å². The molecule has 21 heavy (non-hydrogen) atoms. The van der Waals surface area contributed by atoms with Crippen LogP contribution in [0.1, 0.15) is 30.1 Å². The number of hydrogen-bond acceptors (Lipinski definition) is 2. The van der Waals surface area contributed by atoms with E-state index in [1.807, 2.05) is 47.4 Å². The standard InChI is InChI=1S/C18H22N2O/c1-13-9-10-20(15(11-13)12-19)18(21)17-8-4-6-14-5-2-3-7-16(14)17/h2-8,13,15H,9-12,19H2,1H3. The van der Waals surface area contributed by atoms with Gasteiger partial charge in [-0.25, -0.2) is 0 Å². The lowest BCUT2D eigenvalue weighted by Gasteiger charge is -2.38. The molecule has 0 saturated carbocycles. The van der Waals surface area contributed by atoms with Gasteiger partial charge in [0.25, 0.3) is 5.91 Å². The summed E-state index contributed by atoms with van der Waals surface area (Å²) in [6, 6.07) is 14.2. The number of hydrogen-bond donors (Lipinski definition) is 1. The first-order valence-corrected chi connectivity index (χ1v) is 7.69. The third-order valence-corrected chi connectivity index (χ3v) is 4.53. The quantitative estimate of drug-likeness (QED) is 0.920. The van der Waals surface area contributed by atoms with E-state index in [9.17, 15) is 4.79 Å². The summed E-state index contributed by atoms with van der Waals surface area (Å²) < 4.78 is 0. The van der Waals surface area contributed by atoms with Crippen molar-refractivity contribution >= 4 is 16.7 Å². The Morgan fingerprint density at radius 1 is 1.24 bits per heavy atom. The van der Waals surface area contributed by atoms with Crippen LogP contribution in [-0.4, -0.2) is 29.9 Å². The van der Waals surface area contributed by atoms with Crippen LogP contribution in [0.25, 0.3) is 10.8 Å². The van der Waals surface area contributed by atoms with Gasteiger partial charge in [-0.2, -0.15) is 0 Å². The normalized spacial score (nSPS) is 22.5. The predicted octanol–water partition coefficient (Wildman–Crippen LogP) is 3.04. The maximum absolute atomic E-state index is 13.0. The molecule has 110 valence electrons. The molecule has 1 aliphatic heterocycles. The highest BCUT2D eigenvalue weighted by atomic mass is 16.2. The van der Waals surface area contributed by atoms with Gasteiger partial charge in [0.2, 0.25) is 0 Å². The molecule has 2 aromatic carbocycles. The summed E-state index contributed by atoms with van der Waals surface area (Å²) in [4.78, 5) is 14.9. The van der Waals surface area contributed by atoms with Gasteiger partial charge in [0.15, 0.2) is 0 Å². The average Bonchev–Trinajstić information content (AvgIpc) is 2.53. The predicted molar refractivity (Wildman–Crippen MR) is 86.2 cm³/mol. The summed E-state index contributed by atoms with van der Waals surface area (Å²) in [5, 5.41) is 2.14. The number of fused-ring (bicyclic) bond motifs is 1. The summed E-state index contributed by atoms with van der Waals surface area (Å²) in [7, 11) is 0. The van der Waals surface area contributed by atoms with Crippen molar-refractivity contribution in [3.8, 4) is 0 Å². The van der Waals surface area contributed by atoms with Gasteiger partial charge < -0.3 is 10.6 Å². The Kier molecular flexibility index (Phi) is 3.93. The van der Waals surface area contributed by atoms with E-state index < -0.39 is 0 Å². The lowest BCUT2D eigenvalue weighted by atomic mass is 9.91. The number of benzene rings is 2. The van der Waals surface area contributed by atoms with Crippen LogP contribution in [-0.2, 0) is 0 Å². The molecule has 2 N–H and O–H groups in total. The Labute approximate surface area is 125 Å². The van der Waals surface area contributed by atoms with Crippen LogP contribution in [0.2, 0.25) is 0 Å². The molecule has 2 unspecified atom stereocenters. The second-order valence-electron chi connectivity index (χ2n) is 6.04. The molecule has 0 radical (unpaired) electrons. The van der Waals surface area contributed by atoms with E-state index in [-0.39, 0.29) is 11.9 Å². The Balaban J connectivity index is 1.96. The van der Waals surface area contributed by atoms with Crippen molar-refractivity contribution < 1.29 is 4.79 Å². The van der Waals surface area contributed by atoms with Gasteiger partial charge >= 0.3 is 0 Å². The third-order valence-electron chi connectivity index (χ3n) is 4.53. The van der Waals surface area contributed by atoms with Crippen molar-refractivity contribution in [1.29, 1.82) is 0 Å². The summed E-state index contributed by atoms with van der Waals surface area (Å²) in [6.45, 7) is 3.59. The molecular formula is C18H22N2O. The summed E-state index contributed by atoms with van der Waals surface area (Å²) >= 11 is 0. The monoisotopic (exact) mass is 282 g/mol. The van der Waals surface area contributed by atoms with Gasteiger partial charge in [-0.3, -0.25) is 4.79 Å². The van der Waals surface area contributed by atoms with Gasteiger partial charge in [-0.1, -0.05) is 43.3 Å². The van der Waals surface area contributed by atoms with E-state index in [0.29, 0.717) is 12.5 Å². The van der Waals surface area contributed by atoms with E-state index in [1.165, 1.54) is 0 Å². The van der Waals surface area contributed by atoms with Crippen molar-refractivity contribution in [3.63, 3.8) is 0 Å². The molecule has 1 fully saturated rings. The lowest BCUT2D eigenvalue weighted by Crippen LogP contribution is -2.49. The molecule has 0 bridgehead atoms. The number of piperidine rings is 1. The first kappa shape index (κ1) is 14.1. The van der Waals surface area contributed by atoms with Gasteiger partial charge in [0.1, 0.15) is 0 Å². The molecule has 1 saturated heterocycles. The second kappa shape index (κ2) is 5.86. The minimum Gasteiger partial charge on any atom is -0.334 e. The number of amides is 1. The maximum atomic E-state index is 13.0. The molecule has 3 nitrogen and oxygen atoms in total. The van der Waals surface area contributed by atoms with E-state index >= 15 is 0 Å². The fraction of sp³-hybridized carbons (Fsp3) is 0.389. The van der Waals surface area contributed by atoms with Crippen LogP contribution >= 0.6 is 0 Å².